The summed E-state index contributed by atoms with van der Waals surface area (Å²) in [6.45, 7) is 7.61. The van der Waals surface area contributed by atoms with Crippen LogP contribution in [0.1, 0.15) is 30.9 Å². The molecule has 2 N–H and O–H groups in total. The molecule has 0 aromatic carbocycles. The highest BCUT2D eigenvalue weighted by Crippen LogP contribution is 2.26. The molecule has 2 atom stereocenters. The second kappa shape index (κ2) is 7.02. The standard InChI is InChI=1S/C15H22N2O2S/c1-10(6-11(2)18)7-16-8-13-9-17-15(20-13)14-5-4-12(3)19-14/h4-5,9-11,16,18H,6-8H2,1-3H3. The van der Waals surface area contributed by atoms with Gasteiger partial charge < -0.3 is 14.8 Å². The van der Waals surface area contributed by atoms with Crippen LogP contribution in [-0.4, -0.2) is 22.7 Å². The van der Waals surface area contributed by atoms with Gasteiger partial charge in [0, 0.05) is 17.6 Å². The van der Waals surface area contributed by atoms with Gasteiger partial charge in [0.05, 0.1) is 6.10 Å². The molecule has 0 spiro atoms. The van der Waals surface area contributed by atoms with E-state index in [0.29, 0.717) is 5.92 Å². The third-order valence-corrected chi connectivity index (χ3v) is 4.05. The number of nitrogens with zero attached hydrogens (tertiary/aromatic N) is 1. The first-order chi connectivity index (χ1) is 9.54. The quantitative estimate of drug-likeness (QED) is 0.823. The van der Waals surface area contributed by atoms with Gasteiger partial charge in [-0.05, 0) is 44.9 Å². The van der Waals surface area contributed by atoms with Crippen molar-refractivity contribution in [1.29, 1.82) is 0 Å². The zero-order chi connectivity index (χ0) is 14.5. The van der Waals surface area contributed by atoms with Crippen LogP contribution in [-0.2, 0) is 6.54 Å². The van der Waals surface area contributed by atoms with Gasteiger partial charge in [-0.1, -0.05) is 6.92 Å². The summed E-state index contributed by atoms with van der Waals surface area (Å²) in [5, 5.41) is 13.7. The summed E-state index contributed by atoms with van der Waals surface area (Å²) in [7, 11) is 0. The SMILES string of the molecule is Cc1ccc(-c2ncc(CNCC(C)CC(C)O)s2)o1. The van der Waals surface area contributed by atoms with Gasteiger partial charge in [0.15, 0.2) is 10.8 Å². The van der Waals surface area contributed by atoms with E-state index in [0.717, 1.165) is 36.0 Å². The fourth-order valence-electron chi connectivity index (χ4n) is 2.16. The lowest BCUT2D eigenvalue weighted by atomic mass is 10.1. The van der Waals surface area contributed by atoms with E-state index in [2.05, 4.69) is 17.2 Å². The Labute approximate surface area is 123 Å². The van der Waals surface area contributed by atoms with Crippen LogP contribution in [0.25, 0.3) is 10.8 Å². The van der Waals surface area contributed by atoms with Crippen molar-refractivity contribution in [3.8, 4) is 10.8 Å². The highest BCUT2D eigenvalue weighted by atomic mass is 32.1. The minimum atomic E-state index is -0.232. The largest absolute Gasteiger partial charge is 0.459 e. The zero-order valence-corrected chi connectivity index (χ0v) is 13.0. The van der Waals surface area contributed by atoms with Crippen molar-refractivity contribution in [1.82, 2.24) is 10.3 Å². The lowest BCUT2D eigenvalue weighted by Crippen LogP contribution is -2.22. The lowest BCUT2D eigenvalue weighted by Gasteiger charge is -2.13. The molecule has 4 nitrogen and oxygen atoms in total. The molecule has 110 valence electrons. The van der Waals surface area contributed by atoms with Crippen LogP contribution in [0, 0.1) is 12.8 Å². The van der Waals surface area contributed by atoms with Crippen molar-refractivity contribution in [2.45, 2.75) is 39.8 Å². The number of rotatable bonds is 7. The molecule has 0 saturated carbocycles. The van der Waals surface area contributed by atoms with Crippen LogP contribution < -0.4 is 5.32 Å². The molecule has 2 unspecified atom stereocenters. The fraction of sp³-hybridized carbons (Fsp3) is 0.533. The Morgan fingerprint density at radius 1 is 1.40 bits per heavy atom. The Hall–Kier alpha value is -1.17. The zero-order valence-electron chi connectivity index (χ0n) is 12.2. The Kier molecular flexibility index (Phi) is 5.34. The van der Waals surface area contributed by atoms with Crippen LogP contribution in [0.5, 0.6) is 0 Å². The topological polar surface area (TPSA) is 58.3 Å². The van der Waals surface area contributed by atoms with E-state index in [-0.39, 0.29) is 6.10 Å². The van der Waals surface area contributed by atoms with E-state index in [1.54, 1.807) is 11.3 Å². The molecule has 2 rings (SSSR count). The fourth-order valence-corrected chi connectivity index (χ4v) is 3.00. The molecular weight excluding hydrogens is 272 g/mol. The molecule has 0 radical (unpaired) electrons. The van der Waals surface area contributed by atoms with Crippen molar-refractivity contribution in [3.05, 3.63) is 29.0 Å². The maximum Gasteiger partial charge on any atom is 0.162 e. The van der Waals surface area contributed by atoms with E-state index >= 15 is 0 Å². The number of furan rings is 1. The predicted molar refractivity (Wildman–Crippen MR) is 81.7 cm³/mol. The predicted octanol–water partition coefficient (Wildman–Crippen LogP) is 3.21. The van der Waals surface area contributed by atoms with Crippen molar-refractivity contribution in [2.75, 3.05) is 6.54 Å². The first-order valence-electron chi connectivity index (χ1n) is 6.95. The smallest absolute Gasteiger partial charge is 0.162 e. The molecule has 0 aliphatic carbocycles. The summed E-state index contributed by atoms with van der Waals surface area (Å²) in [5.41, 5.74) is 0. The van der Waals surface area contributed by atoms with Gasteiger partial charge in [-0.2, -0.15) is 0 Å². The minimum absolute atomic E-state index is 0.232. The second-order valence-electron chi connectivity index (χ2n) is 5.36. The third-order valence-electron chi connectivity index (χ3n) is 3.04. The third kappa shape index (κ3) is 4.44. The average Bonchev–Trinajstić information content (AvgIpc) is 2.97. The van der Waals surface area contributed by atoms with Gasteiger partial charge in [-0.15, -0.1) is 11.3 Å². The normalized spacial score (nSPS) is 14.4. The van der Waals surface area contributed by atoms with Crippen LogP contribution in [0.4, 0.5) is 0 Å². The number of hydrogen-bond acceptors (Lipinski definition) is 5. The second-order valence-corrected chi connectivity index (χ2v) is 6.48. The van der Waals surface area contributed by atoms with Crippen molar-refractivity contribution >= 4 is 11.3 Å². The summed E-state index contributed by atoms with van der Waals surface area (Å²) in [4.78, 5) is 5.58. The molecule has 2 heterocycles. The monoisotopic (exact) mass is 294 g/mol. The molecule has 0 amide bonds. The molecule has 2 aromatic heterocycles. The summed E-state index contributed by atoms with van der Waals surface area (Å²) >= 11 is 1.65. The molecule has 0 fully saturated rings. The van der Waals surface area contributed by atoms with Crippen LogP contribution in [0.2, 0.25) is 0 Å². The number of aliphatic hydroxyl groups excluding tert-OH is 1. The first kappa shape index (κ1) is 15.2. The number of aromatic nitrogens is 1. The summed E-state index contributed by atoms with van der Waals surface area (Å²) in [6.07, 6.45) is 2.49. The van der Waals surface area contributed by atoms with E-state index in [9.17, 15) is 5.11 Å². The Morgan fingerprint density at radius 2 is 2.20 bits per heavy atom. The maximum absolute atomic E-state index is 9.32. The lowest BCUT2D eigenvalue weighted by molar-refractivity contribution is 0.163. The van der Waals surface area contributed by atoms with E-state index in [1.807, 2.05) is 32.2 Å². The summed E-state index contributed by atoms with van der Waals surface area (Å²) in [5.74, 6) is 2.21. The molecule has 0 aliphatic rings. The molecular formula is C15H22N2O2S. The van der Waals surface area contributed by atoms with E-state index in [1.165, 1.54) is 4.88 Å². The van der Waals surface area contributed by atoms with Crippen molar-refractivity contribution < 1.29 is 9.52 Å². The van der Waals surface area contributed by atoms with Gasteiger partial charge in [-0.3, -0.25) is 0 Å². The number of aliphatic hydroxyl groups is 1. The Balaban J connectivity index is 1.81. The van der Waals surface area contributed by atoms with Gasteiger partial charge in [0.25, 0.3) is 0 Å². The molecule has 0 aliphatic heterocycles. The van der Waals surface area contributed by atoms with E-state index < -0.39 is 0 Å². The van der Waals surface area contributed by atoms with Gasteiger partial charge in [0.2, 0.25) is 0 Å². The van der Waals surface area contributed by atoms with Crippen LogP contribution >= 0.6 is 11.3 Å². The molecule has 0 bridgehead atoms. The number of thiazole rings is 1. The summed E-state index contributed by atoms with van der Waals surface area (Å²) in [6, 6.07) is 3.91. The minimum Gasteiger partial charge on any atom is -0.459 e. The van der Waals surface area contributed by atoms with Crippen molar-refractivity contribution in [3.63, 3.8) is 0 Å². The number of nitrogens with one attached hydrogen (secondary N) is 1. The Morgan fingerprint density at radius 3 is 2.85 bits per heavy atom. The van der Waals surface area contributed by atoms with Gasteiger partial charge in [-0.25, -0.2) is 4.98 Å². The summed E-state index contributed by atoms with van der Waals surface area (Å²) < 4.78 is 5.57. The molecule has 5 heteroatoms. The molecule has 2 aromatic rings. The maximum atomic E-state index is 9.32. The highest BCUT2D eigenvalue weighted by molar-refractivity contribution is 7.14. The number of hydrogen-bond donors (Lipinski definition) is 2. The molecule has 20 heavy (non-hydrogen) atoms. The average molecular weight is 294 g/mol. The van der Waals surface area contributed by atoms with Crippen molar-refractivity contribution in [2.24, 2.45) is 5.92 Å². The number of aryl methyl sites for hydroxylation is 1. The van der Waals surface area contributed by atoms with Gasteiger partial charge >= 0.3 is 0 Å². The Bertz CT molecular complexity index is 533. The van der Waals surface area contributed by atoms with Gasteiger partial charge in [0.1, 0.15) is 5.76 Å². The van der Waals surface area contributed by atoms with E-state index in [4.69, 9.17) is 4.42 Å². The van der Waals surface area contributed by atoms with Crippen LogP contribution in [0.3, 0.4) is 0 Å². The first-order valence-corrected chi connectivity index (χ1v) is 7.76. The molecule has 0 saturated heterocycles. The van der Waals surface area contributed by atoms with Crippen LogP contribution in [0.15, 0.2) is 22.7 Å². The highest BCUT2D eigenvalue weighted by Gasteiger charge is 2.09.